The normalized spacial score (nSPS) is 21.0. The molecule has 17 heavy (non-hydrogen) atoms. The topological polar surface area (TPSA) is 42.0 Å². The largest absolute Gasteiger partial charge is 0.324 e. The maximum absolute atomic E-state index is 12.6. The number of rotatable bonds is 2. The van der Waals surface area contributed by atoms with Crippen molar-refractivity contribution >= 4 is 11.6 Å². The second-order valence-corrected chi connectivity index (χ2v) is 5.74. The molecule has 1 aromatic heterocycles. The number of pyridine rings is 1. The zero-order valence-electron chi connectivity index (χ0n) is 10.5. The molecule has 0 radical (unpaired) electrons. The van der Waals surface area contributed by atoms with Crippen molar-refractivity contribution in [3.05, 3.63) is 24.3 Å². The predicted molar refractivity (Wildman–Crippen MR) is 63.9 cm³/mol. The van der Waals surface area contributed by atoms with Gasteiger partial charge in [0.15, 0.2) is 0 Å². The van der Waals surface area contributed by atoms with E-state index >= 15 is 0 Å². The van der Waals surface area contributed by atoms with Gasteiger partial charge in [0.2, 0.25) is 11.9 Å². The molecule has 0 unspecified atom stereocenters. The van der Waals surface area contributed by atoms with Crippen molar-refractivity contribution in [2.45, 2.75) is 27.7 Å². The van der Waals surface area contributed by atoms with E-state index in [1.807, 2.05) is 0 Å². The molecule has 92 valence electrons. The highest BCUT2D eigenvalue weighted by Gasteiger charge is 2.68. The van der Waals surface area contributed by atoms with Crippen LogP contribution in [-0.2, 0) is 4.79 Å². The van der Waals surface area contributed by atoms with Crippen LogP contribution in [0.4, 0.5) is 10.1 Å². The van der Waals surface area contributed by atoms with Gasteiger partial charge >= 0.3 is 0 Å². The zero-order valence-corrected chi connectivity index (χ0v) is 10.5. The van der Waals surface area contributed by atoms with E-state index in [9.17, 15) is 9.18 Å². The van der Waals surface area contributed by atoms with Gasteiger partial charge in [-0.15, -0.1) is 0 Å². The molecule has 2 rings (SSSR count). The molecule has 3 nitrogen and oxygen atoms in total. The maximum atomic E-state index is 12.6. The molecule has 0 spiro atoms. The lowest BCUT2D eigenvalue weighted by atomic mass is 10.0. The Labute approximate surface area is 100 Å². The summed E-state index contributed by atoms with van der Waals surface area (Å²) in [7, 11) is 0. The van der Waals surface area contributed by atoms with Gasteiger partial charge in [-0.25, -0.2) is 4.98 Å². The number of carbonyl (C=O) groups is 1. The Kier molecular flexibility index (Phi) is 2.49. The third-order valence-electron chi connectivity index (χ3n) is 4.28. The van der Waals surface area contributed by atoms with Crippen molar-refractivity contribution < 1.29 is 9.18 Å². The first kappa shape index (κ1) is 12.0. The zero-order chi connectivity index (χ0) is 12.8. The molecule has 1 aromatic rings. The van der Waals surface area contributed by atoms with Gasteiger partial charge in [0, 0.05) is 5.92 Å². The minimum absolute atomic E-state index is 0.00451. The third-order valence-corrected chi connectivity index (χ3v) is 4.28. The number of hydrogen-bond acceptors (Lipinski definition) is 2. The van der Waals surface area contributed by atoms with E-state index < -0.39 is 5.95 Å². The first-order chi connectivity index (χ1) is 7.76. The number of hydrogen-bond donors (Lipinski definition) is 1. The van der Waals surface area contributed by atoms with Gasteiger partial charge < -0.3 is 5.32 Å². The fourth-order valence-electron chi connectivity index (χ4n) is 2.52. The monoisotopic (exact) mass is 236 g/mol. The first-order valence-corrected chi connectivity index (χ1v) is 5.69. The van der Waals surface area contributed by atoms with E-state index in [1.165, 1.54) is 18.3 Å². The second kappa shape index (κ2) is 3.52. The van der Waals surface area contributed by atoms with Crippen molar-refractivity contribution in [1.82, 2.24) is 4.98 Å². The Hall–Kier alpha value is -1.45. The molecule has 0 aromatic carbocycles. The number of nitrogens with zero attached hydrogens (tertiary/aromatic N) is 1. The Morgan fingerprint density at radius 1 is 1.29 bits per heavy atom. The predicted octanol–water partition coefficient (Wildman–Crippen LogP) is 2.84. The van der Waals surface area contributed by atoms with Crippen LogP contribution in [-0.4, -0.2) is 10.9 Å². The van der Waals surface area contributed by atoms with Crippen LogP contribution in [0.15, 0.2) is 18.3 Å². The highest BCUT2D eigenvalue weighted by molar-refractivity contribution is 5.95. The van der Waals surface area contributed by atoms with Gasteiger partial charge in [0.1, 0.15) is 0 Å². The van der Waals surface area contributed by atoms with Crippen LogP contribution in [0, 0.1) is 22.7 Å². The minimum Gasteiger partial charge on any atom is -0.324 e. The molecule has 0 saturated heterocycles. The van der Waals surface area contributed by atoms with Crippen molar-refractivity contribution in [1.29, 1.82) is 0 Å². The Balaban J connectivity index is 2.07. The van der Waals surface area contributed by atoms with Crippen molar-refractivity contribution in [3.8, 4) is 0 Å². The number of nitrogens with one attached hydrogen (secondary N) is 1. The molecule has 0 atom stereocenters. The summed E-state index contributed by atoms with van der Waals surface area (Å²) in [6, 6.07) is 2.75. The molecule has 1 amide bonds. The molecule has 0 bridgehead atoms. The van der Waals surface area contributed by atoms with Crippen LogP contribution in [0.5, 0.6) is 0 Å². The lowest BCUT2D eigenvalue weighted by molar-refractivity contribution is -0.118. The van der Waals surface area contributed by atoms with E-state index in [0.29, 0.717) is 5.69 Å². The summed E-state index contributed by atoms with van der Waals surface area (Å²) in [5, 5.41) is 2.77. The quantitative estimate of drug-likeness (QED) is 0.802. The standard InChI is InChI=1S/C13H17FN2O/c1-12(2)10(13(12,3)4)11(17)16-8-5-6-9(14)15-7-8/h5-7,10H,1-4H3,(H,16,17). The van der Waals surface area contributed by atoms with Crippen molar-refractivity contribution in [2.24, 2.45) is 16.7 Å². The lowest BCUT2D eigenvalue weighted by Crippen LogP contribution is -2.17. The average molecular weight is 236 g/mol. The molecule has 1 saturated carbocycles. The summed E-state index contributed by atoms with van der Waals surface area (Å²) in [4.78, 5) is 15.6. The lowest BCUT2D eigenvalue weighted by Gasteiger charge is -2.05. The molecule has 1 aliphatic carbocycles. The molecular formula is C13H17FN2O. The van der Waals surface area contributed by atoms with Crippen molar-refractivity contribution in [2.75, 3.05) is 5.32 Å². The highest BCUT2D eigenvalue weighted by atomic mass is 19.1. The van der Waals surface area contributed by atoms with E-state index in [-0.39, 0.29) is 22.7 Å². The van der Waals surface area contributed by atoms with E-state index in [4.69, 9.17) is 0 Å². The second-order valence-electron chi connectivity index (χ2n) is 5.74. The molecule has 1 N–H and O–H groups in total. The van der Waals surface area contributed by atoms with Crippen LogP contribution in [0.3, 0.4) is 0 Å². The Bertz CT molecular complexity index is 437. The highest BCUT2D eigenvalue weighted by Crippen LogP contribution is 2.68. The summed E-state index contributed by atoms with van der Waals surface area (Å²) in [6.45, 7) is 8.33. The Morgan fingerprint density at radius 2 is 1.88 bits per heavy atom. The summed E-state index contributed by atoms with van der Waals surface area (Å²) in [6.07, 6.45) is 1.33. The summed E-state index contributed by atoms with van der Waals surface area (Å²) >= 11 is 0. The van der Waals surface area contributed by atoms with Gasteiger partial charge in [0.05, 0.1) is 11.9 Å². The van der Waals surface area contributed by atoms with Crippen LogP contribution in [0.2, 0.25) is 0 Å². The minimum atomic E-state index is -0.546. The third kappa shape index (κ3) is 1.81. The molecule has 1 heterocycles. The van der Waals surface area contributed by atoms with Crippen molar-refractivity contribution in [3.63, 3.8) is 0 Å². The molecule has 0 aliphatic heterocycles. The number of amides is 1. The fourth-order valence-corrected chi connectivity index (χ4v) is 2.52. The van der Waals surface area contributed by atoms with Gasteiger partial charge in [-0.3, -0.25) is 4.79 Å². The van der Waals surface area contributed by atoms with Gasteiger partial charge in [-0.05, 0) is 23.0 Å². The first-order valence-electron chi connectivity index (χ1n) is 5.69. The van der Waals surface area contributed by atoms with E-state index in [2.05, 4.69) is 38.0 Å². The molecule has 4 heteroatoms. The number of anilines is 1. The summed E-state index contributed by atoms with van der Waals surface area (Å²) < 4.78 is 12.6. The van der Waals surface area contributed by atoms with E-state index in [0.717, 1.165) is 0 Å². The Morgan fingerprint density at radius 3 is 2.29 bits per heavy atom. The molecular weight excluding hydrogens is 219 g/mol. The van der Waals surface area contributed by atoms with Gasteiger partial charge in [-0.1, -0.05) is 27.7 Å². The maximum Gasteiger partial charge on any atom is 0.228 e. The number of aromatic nitrogens is 1. The summed E-state index contributed by atoms with van der Waals surface area (Å²) in [5.41, 5.74) is 0.546. The van der Waals surface area contributed by atoms with Crippen LogP contribution >= 0.6 is 0 Å². The molecule has 1 fully saturated rings. The van der Waals surface area contributed by atoms with E-state index in [1.54, 1.807) is 0 Å². The average Bonchev–Trinajstić information content (AvgIpc) is 2.61. The smallest absolute Gasteiger partial charge is 0.228 e. The van der Waals surface area contributed by atoms with Gasteiger partial charge in [-0.2, -0.15) is 4.39 Å². The SMILES string of the molecule is CC1(C)C(C(=O)Nc2ccc(F)nc2)C1(C)C. The number of carbonyl (C=O) groups excluding carboxylic acids is 1. The van der Waals surface area contributed by atoms with Crippen LogP contribution < -0.4 is 5.32 Å². The van der Waals surface area contributed by atoms with Crippen LogP contribution in [0.25, 0.3) is 0 Å². The van der Waals surface area contributed by atoms with Crippen LogP contribution in [0.1, 0.15) is 27.7 Å². The molecule has 1 aliphatic rings. The summed E-state index contributed by atoms with van der Waals surface area (Å²) in [5.74, 6) is -0.580. The number of halogens is 1. The van der Waals surface area contributed by atoms with Gasteiger partial charge in [0.25, 0.3) is 0 Å². The fraction of sp³-hybridized carbons (Fsp3) is 0.538.